The highest BCUT2D eigenvalue weighted by atomic mass is 32.1. The smallest absolute Gasteiger partial charge is 0.254 e. The van der Waals surface area contributed by atoms with Crippen LogP contribution in [0.25, 0.3) is 0 Å². The highest BCUT2D eigenvalue weighted by Crippen LogP contribution is 2.44. The van der Waals surface area contributed by atoms with E-state index in [0.717, 1.165) is 10.4 Å². The number of nitrogens with one attached hydrogen (secondary N) is 1. The fourth-order valence-corrected chi connectivity index (χ4v) is 4.92. The molecule has 4 rings (SSSR count). The van der Waals surface area contributed by atoms with E-state index in [0.29, 0.717) is 30.2 Å². The van der Waals surface area contributed by atoms with Crippen molar-refractivity contribution in [2.24, 2.45) is 0 Å². The quantitative estimate of drug-likeness (QED) is 0.599. The van der Waals surface area contributed by atoms with Crippen LogP contribution in [0.1, 0.15) is 32.8 Å². The van der Waals surface area contributed by atoms with Crippen LogP contribution in [0.4, 0.5) is 5.69 Å². The summed E-state index contributed by atoms with van der Waals surface area (Å²) in [4.78, 5) is 29.8. The van der Waals surface area contributed by atoms with Gasteiger partial charge in [-0.05, 0) is 35.2 Å². The maximum absolute atomic E-state index is 13.7. The van der Waals surface area contributed by atoms with Gasteiger partial charge in [0.05, 0.1) is 31.4 Å². The number of rotatable bonds is 7. The zero-order valence-electron chi connectivity index (χ0n) is 17.4. The Hall–Kier alpha value is -3.16. The van der Waals surface area contributed by atoms with Gasteiger partial charge in [0.1, 0.15) is 5.75 Å². The van der Waals surface area contributed by atoms with E-state index in [2.05, 4.69) is 5.32 Å². The third kappa shape index (κ3) is 4.06. The molecule has 0 radical (unpaired) electrons. The first-order chi connectivity index (χ1) is 15.2. The molecule has 1 aliphatic heterocycles. The first-order valence-corrected chi connectivity index (χ1v) is 10.9. The van der Waals surface area contributed by atoms with Crippen LogP contribution < -0.4 is 10.1 Å². The lowest BCUT2D eigenvalue weighted by molar-refractivity contribution is -0.119. The summed E-state index contributed by atoms with van der Waals surface area (Å²) in [7, 11) is 3.18. The van der Waals surface area contributed by atoms with Crippen molar-refractivity contribution in [3.05, 3.63) is 82.0 Å². The number of ether oxygens (including phenoxy) is 2. The van der Waals surface area contributed by atoms with Crippen molar-refractivity contribution in [2.45, 2.75) is 12.0 Å². The molecule has 1 aliphatic rings. The summed E-state index contributed by atoms with van der Waals surface area (Å²) in [5.41, 5.74) is 1.87. The number of methoxy groups -OCH3 is 2. The molecule has 160 valence electrons. The van der Waals surface area contributed by atoms with Crippen molar-refractivity contribution in [3.8, 4) is 5.75 Å². The molecule has 1 N–H and O–H groups in total. The second-order valence-electron chi connectivity index (χ2n) is 7.21. The average molecular weight is 437 g/mol. The lowest BCUT2D eigenvalue weighted by Gasteiger charge is -2.41. The predicted octanol–water partition coefficient (Wildman–Crippen LogP) is 4.32. The summed E-state index contributed by atoms with van der Waals surface area (Å²) >= 11 is 1.54. The standard InChI is InChI=1S/C24H24N2O4S/c1-29-14-13-26-22(20-12-7-15-31-20)21(16-8-3-4-9-17(16)24(26)28)23(27)25-18-10-5-6-11-19(18)30-2/h3-12,15,21-22H,13-14H2,1-2H3,(H,25,27)/t21-,22-/m0/s1. The molecule has 2 heterocycles. The summed E-state index contributed by atoms with van der Waals surface area (Å²) < 4.78 is 10.7. The van der Waals surface area contributed by atoms with E-state index in [9.17, 15) is 9.59 Å². The summed E-state index contributed by atoms with van der Waals surface area (Å²) in [5, 5.41) is 4.99. The monoisotopic (exact) mass is 436 g/mol. The van der Waals surface area contributed by atoms with Gasteiger partial charge >= 0.3 is 0 Å². The first kappa shape index (κ1) is 21.1. The first-order valence-electron chi connectivity index (χ1n) is 10.0. The third-order valence-corrected chi connectivity index (χ3v) is 6.40. The largest absolute Gasteiger partial charge is 0.495 e. The van der Waals surface area contributed by atoms with Crippen molar-refractivity contribution in [1.82, 2.24) is 4.90 Å². The molecule has 31 heavy (non-hydrogen) atoms. The molecule has 1 aromatic heterocycles. The minimum Gasteiger partial charge on any atom is -0.495 e. The summed E-state index contributed by atoms with van der Waals surface area (Å²) in [6.45, 7) is 0.779. The lowest BCUT2D eigenvalue weighted by Crippen LogP contribution is -2.47. The van der Waals surface area contributed by atoms with E-state index in [1.54, 1.807) is 37.3 Å². The Morgan fingerprint density at radius 2 is 1.84 bits per heavy atom. The van der Waals surface area contributed by atoms with Gasteiger partial charge in [0.2, 0.25) is 5.91 Å². The Morgan fingerprint density at radius 3 is 2.58 bits per heavy atom. The molecule has 0 saturated heterocycles. The summed E-state index contributed by atoms with van der Waals surface area (Å²) in [6.07, 6.45) is 0. The number of benzene rings is 2. The number of anilines is 1. The van der Waals surface area contributed by atoms with E-state index in [1.807, 2.05) is 47.8 Å². The fourth-order valence-electron chi connectivity index (χ4n) is 4.04. The molecule has 0 bridgehead atoms. The number of hydrogen-bond acceptors (Lipinski definition) is 5. The van der Waals surface area contributed by atoms with Gasteiger partial charge in [0.25, 0.3) is 5.91 Å². The van der Waals surface area contributed by atoms with E-state index >= 15 is 0 Å². The van der Waals surface area contributed by atoms with E-state index < -0.39 is 12.0 Å². The van der Waals surface area contributed by atoms with Crippen molar-refractivity contribution in [1.29, 1.82) is 0 Å². The van der Waals surface area contributed by atoms with Crippen molar-refractivity contribution in [3.63, 3.8) is 0 Å². The van der Waals surface area contributed by atoms with Gasteiger partial charge < -0.3 is 19.7 Å². The van der Waals surface area contributed by atoms with Crippen LogP contribution in [0.2, 0.25) is 0 Å². The molecule has 2 aromatic carbocycles. The molecule has 0 aliphatic carbocycles. The molecule has 0 fully saturated rings. The second kappa shape index (κ2) is 9.32. The van der Waals surface area contributed by atoms with Gasteiger partial charge in [-0.1, -0.05) is 36.4 Å². The Balaban J connectivity index is 1.80. The van der Waals surface area contributed by atoms with Crippen LogP contribution in [0.3, 0.4) is 0 Å². The molecule has 2 amide bonds. The number of carbonyl (C=O) groups excluding carboxylic acids is 2. The van der Waals surface area contributed by atoms with Crippen LogP contribution in [0.5, 0.6) is 5.75 Å². The molecule has 0 saturated carbocycles. The Labute approximate surface area is 185 Å². The van der Waals surface area contributed by atoms with E-state index in [-0.39, 0.29) is 11.8 Å². The minimum absolute atomic E-state index is 0.0904. The molecule has 7 heteroatoms. The van der Waals surface area contributed by atoms with Crippen LogP contribution in [-0.2, 0) is 9.53 Å². The number of para-hydroxylation sites is 2. The number of hydrogen-bond donors (Lipinski definition) is 1. The molecule has 6 nitrogen and oxygen atoms in total. The van der Waals surface area contributed by atoms with Gasteiger partial charge in [-0.25, -0.2) is 0 Å². The Bertz CT molecular complexity index is 1070. The van der Waals surface area contributed by atoms with Gasteiger partial charge in [0, 0.05) is 24.1 Å². The number of nitrogens with zero attached hydrogens (tertiary/aromatic N) is 1. The number of thiophene rings is 1. The molecule has 0 spiro atoms. The third-order valence-electron chi connectivity index (χ3n) is 5.46. The predicted molar refractivity (Wildman–Crippen MR) is 121 cm³/mol. The average Bonchev–Trinajstić information content (AvgIpc) is 3.33. The number of carbonyl (C=O) groups is 2. The van der Waals surface area contributed by atoms with E-state index in [1.165, 1.54) is 11.3 Å². The molecule has 2 atom stereocenters. The summed E-state index contributed by atoms with van der Waals surface area (Å²) in [5.74, 6) is -0.271. The van der Waals surface area contributed by atoms with Gasteiger partial charge in [-0.2, -0.15) is 0 Å². The van der Waals surface area contributed by atoms with E-state index in [4.69, 9.17) is 9.47 Å². The SMILES string of the molecule is COCCN1C(=O)c2ccccc2[C@H](C(=O)Nc2ccccc2OC)[C@@H]1c1cccs1. The molecular formula is C24H24N2O4S. The van der Waals surface area contributed by atoms with Crippen molar-refractivity contribution >= 4 is 28.8 Å². The summed E-state index contributed by atoms with van der Waals surface area (Å²) in [6, 6.07) is 18.1. The van der Waals surface area contributed by atoms with Crippen LogP contribution >= 0.6 is 11.3 Å². The zero-order chi connectivity index (χ0) is 21.8. The zero-order valence-corrected chi connectivity index (χ0v) is 18.2. The topological polar surface area (TPSA) is 67.9 Å². The number of fused-ring (bicyclic) bond motifs is 1. The van der Waals surface area contributed by atoms with Crippen LogP contribution in [-0.4, -0.2) is 44.1 Å². The highest BCUT2D eigenvalue weighted by Gasteiger charge is 2.44. The van der Waals surface area contributed by atoms with Crippen LogP contribution in [0.15, 0.2) is 66.0 Å². The molecule has 0 unspecified atom stereocenters. The van der Waals surface area contributed by atoms with Gasteiger partial charge in [-0.15, -0.1) is 11.3 Å². The van der Waals surface area contributed by atoms with Crippen LogP contribution in [0, 0.1) is 0 Å². The molecule has 3 aromatic rings. The number of amides is 2. The Kier molecular flexibility index (Phi) is 6.34. The van der Waals surface area contributed by atoms with Crippen molar-refractivity contribution < 1.29 is 19.1 Å². The maximum atomic E-state index is 13.7. The highest BCUT2D eigenvalue weighted by molar-refractivity contribution is 7.10. The second-order valence-corrected chi connectivity index (χ2v) is 8.19. The van der Waals surface area contributed by atoms with Gasteiger partial charge in [0.15, 0.2) is 0 Å². The van der Waals surface area contributed by atoms with Gasteiger partial charge in [-0.3, -0.25) is 9.59 Å². The fraction of sp³-hybridized carbons (Fsp3) is 0.250. The normalized spacial score (nSPS) is 17.9. The minimum atomic E-state index is -0.575. The molecular weight excluding hydrogens is 412 g/mol. The Morgan fingerprint density at radius 1 is 1.06 bits per heavy atom. The maximum Gasteiger partial charge on any atom is 0.254 e. The van der Waals surface area contributed by atoms with Crippen molar-refractivity contribution in [2.75, 3.05) is 32.7 Å². The lowest BCUT2D eigenvalue weighted by atomic mass is 9.81.